The van der Waals surface area contributed by atoms with Gasteiger partial charge in [0.2, 0.25) is 7.59 Å². The van der Waals surface area contributed by atoms with Crippen LogP contribution in [-0.2, 0) is 0 Å². The number of hydrogen-bond donors (Lipinski definition) is 3. The highest BCUT2D eigenvalue weighted by atomic mass is 35.6. The Kier molecular flexibility index (Phi) is 8.33. The normalized spacial score (nSPS) is 35.5. The van der Waals surface area contributed by atoms with Gasteiger partial charge in [0.1, 0.15) is 12.3 Å². The molecule has 1 aliphatic carbocycles. The van der Waals surface area contributed by atoms with Crippen LogP contribution in [0, 0.1) is 5.92 Å². The topological polar surface area (TPSA) is 39.3 Å². The van der Waals surface area contributed by atoms with Gasteiger partial charge >= 0.3 is 0 Å². The highest BCUT2D eigenvalue weighted by Gasteiger charge is 2.44. The van der Waals surface area contributed by atoms with E-state index in [1.54, 1.807) is 0 Å². The number of nitrogens with zero attached hydrogens (tertiary/aromatic N) is 1. The summed E-state index contributed by atoms with van der Waals surface area (Å²) in [6.07, 6.45) is 7.36. The van der Waals surface area contributed by atoms with Crippen LogP contribution in [0.2, 0.25) is 0 Å². The van der Waals surface area contributed by atoms with Gasteiger partial charge in [-0.2, -0.15) is 0 Å². The standard InChI is InChI=1S/C15H24Cl6N4/c1-25(2)10-6-3-9(4-7-10)5-8-11-22-12(14(16,17)18)24-13(23-11)15(19,20)21/h5,8-13,22-24H,3-4,6-7H2,1-2H3. The number of rotatable bonds is 3. The first-order valence-corrected chi connectivity index (χ1v) is 10.5. The Balaban J connectivity index is 1.97. The smallest absolute Gasteiger partial charge is 0.218 e. The number of nitrogens with one attached hydrogen (secondary N) is 3. The van der Waals surface area contributed by atoms with E-state index in [9.17, 15) is 0 Å². The lowest BCUT2D eigenvalue weighted by Crippen LogP contribution is -2.73. The van der Waals surface area contributed by atoms with Gasteiger partial charge in [-0.25, -0.2) is 0 Å². The molecular weight excluding hydrogens is 449 g/mol. The lowest BCUT2D eigenvalue weighted by atomic mass is 9.85. The average Bonchev–Trinajstić information content (AvgIpc) is 2.51. The first-order chi connectivity index (χ1) is 11.5. The molecular formula is C15H24Cl6N4. The fraction of sp³-hybridized carbons (Fsp3) is 0.867. The van der Waals surface area contributed by atoms with Gasteiger partial charge in [0, 0.05) is 6.04 Å². The minimum atomic E-state index is -1.58. The van der Waals surface area contributed by atoms with Crippen molar-refractivity contribution in [3.63, 3.8) is 0 Å². The van der Waals surface area contributed by atoms with Gasteiger partial charge in [-0.15, -0.1) is 0 Å². The second-order valence-electron chi connectivity index (χ2n) is 6.84. The predicted molar refractivity (Wildman–Crippen MR) is 110 cm³/mol. The zero-order valence-corrected chi connectivity index (χ0v) is 18.6. The van der Waals surface area contributed by atoms with Crippen molar-refractivity contribution in [1.29, 1.82) is 0 Å². The molecule has 1 aliphatic heterocycles. The molecule has 0 radical (unpaired) electrons. The maximum Gasteiger partial charge on any atom is 0.218 e. The molecule has 0 spiro atoms. The van der Waals surface area contributed by atoms with Crippen molar-refractivity contribution in [3.05, 3.63) is 12.2 Å². The molecule has 4 nitrogen and oxygen atoms in total. The third-order valence-corrected chi connectivity index (χ3v) is 6.04. The molecule has 2 unspecified atom stereocenters. The largest absolute Gasteiger partial charge is 0.306 e. The van der Waals surface area contributed by atoms with Crippen molar-refractivity contribution in [2.45, 2.75) is 57.8 Å². The van der Waals surface area contributed by atoms with Crippen LogP contribution in [0.1, 0.15) is 25.7 Å². The Morgan fingerprint density at radius 2 is 1.24 bits per heavy atom. The second kappa shape index (κ2) is 9.21. The monoisotopic (exact) mass is 470 g/mol. The molecule has 10 heteroatoms. The number of alkyl halides is 6. The van der Waals surface area contributed by atoms with Crippen molar-refractivity contribution in [2.75, 3.05) is 14.1 Å². The van der Waals surface area contributed by atoms with E-state index < -0.39 is 19.9 Å². The molecule has 2 atom stereocenters. The van der Waals surface area contributed by atoms with Gasteiger partial charge in [-0.1, -0.05) is 81.8 Å². The molecule has 2 fully saturated rings. The summed E-state index contributed by atoms with van der Waals surface area (Å²) in [5.74, 6) is 0.534. The maximum absolute atomic E-state index is 6.01. The molecule has 0 bridgehead atoms. The summed E-state index contributed by atoms with van der Waals surface area (Å²) in [7, 11) is 4.27. The van der Waals surface area contributed by atoms with Crippen LogP contribution in [0.3, 0.4) is 0 Å². The van der Waals surface area contributed by atoms with E-state index in [-0.39, 0.29) is 6.17 Å². The molecule has 0 aromatic carbocycles. The molecule has 1 saturated carbocycles. The lowest BCUT2D eigenvalue weighted by Gasteiger charge is -2.42. The van der Waals surface area contributed by atoms with Crippen LogP contribution in [0.5, 0.6) is 0 Å². The number of halogens is 6. The number of allylic oxidation sites excluding steroid dienone is 1. The predicted octanol–water partition coefficient (Wildman–Crippen LogP) is 4.16. The van der Waals surface area contributed by atoms with E-state index in [4.69, 9.17) is 69.6 Å². The summed E-state index contributed by atoms with van der Waals surface area (Å²) in [5.41, 5.74) is 0. The first kappa shape index (κ1) is 22.6. The van der Waals surface area contributed by atoms with E-state index in [2.05, 4.69) is 41.0 Å². The van der Waals surface area contributed by atoms with Crippen molar-refractivity contribution >= 4 is 69.6 Å². The van der Waals surface area contributed by atoms with Crippen LogP contribution < -0.4 is 16.0 Å². The summed E-state index contributed by atoms with van der Waals surface area (Å²) >= 11 is 36.0. The first-order valence-electron chi connectivity index (χ1n) is 8.23. The summed E-state index contributed by atoms with van der Waals surface area (Å²) < 4.78 is -3.15. The molecule has 2 aliphatic rings. The summed E-state index contributed by atoms with van der Waals surface area (Å²) in [6.45, 7) is 0. The molecule has 1 heterocycles. The quantitative estimate of drug-likeness (QED) is 0.426. The molecule has 0 amide bonds. The van der Waals surface area contributed by atoms with Gasteiger partial charge < -0.3 is 4.90 Å². The van der Waals surface area contributed by atoms with Crippen LogP contribution in [0.4, 0.5) is 0 Å². The van der Waals surface area contributed by atoms with E-state index in [0.29, 0.717) is 12.0 Å². The van der Waals surface area contributed by atoms with Crippen LogP contribution in [0.15, 0.2) is 12.2 Å². The minimum absolute atomic E-state index is 0.269. The van der Waals surface area contributed by atoms with Crippen molar-refractivity contribution < 1.29 is 0 Å². The fourth-order valence-electron chi connectivity index (χ4n) is 3.24. The van der Waals surface area contributed by atoms with Crippen LogP contribution in [0.25, 0.3) is 0 Å². The SMILES string of the molecule is CN(C)C1CCC(C=CC2NC(C(Cl)(Cl)Cl)NC(C(Cl)(Cl)Cl)N2)CC1. The zero-order chi connectivity index (χ0) is 18.8. The van der Waals surface area contributed by atoms with Gasteiger partial charge in [0.05, 0.1) is 6.17 Å². The highest BCUT2D eigenvalue weighted by molar-refractivity contribution is 6.68. The lowest BCUT2D eigenvalue weighted by molar-refractivity contribution is 0.207. The number of hydrogen-bond acceptors (Lipinski definition) is 4. The molecule has 25 heavy (non-hydrogen) atoms. The fourth-order valence-corrected chi connectivity index (χ4v) is 3.99. The van der Waals surface area contributed by atoms with E-state index in [1.165, 1.54) is 12.8 Å². The molecule has 0 aromatic rings. The summed E-state index contributed by atoms with van der Waals surface area (Å²) in [5, 5.41) is 9.31. The zero-order valence-electron chi connectivity index (χ0n) is 14.1. The molecule has 3 N–H and O–H groups in total. The third kappa shape index (κ3) is 7.01. The van der Waals surface area contributed by atoms with Gasteiger partial charge in [-0.3, -0.25) is 16.0 Å². The Labute approximate surface area is 179 Å². The molecule has 1 saturated heterocycles. The summed E-state index contributed by atoms with van der Waals surface area (Å²) in [6, 6.07) is 0.669. The molecule has 0 aromatic heterocycles. The van der Waals surface area contributed by atoms with Crippen molar-refractivity contribution in [2.24, 2.45) is 5.92 Å². The van der Waals surface area contributed by atoms with Gasteiger partial charge in [0.15, 0.2) is 0 Å². The van der Waals surface area contributed by atoms with Gasteiger partial charge in [-0.05, 0) is 45.7 Å². The minimum Gasteiger partial charge on any atom is -0.306 e. The Morgan fingerprint density at radius 3 is 1.64 bits per heavy atom. The second-order valence-corrected chi connectivity index (χ2v) is 11.6. The van der Waals surface area contributed by atoms with Crippen LogP contribution >= 0.6 is 69.6 Å². The average molecular weight is 473 g/mol. The highest BCUT2D eigenvalue weighted by Crippen LogP contribution is 2.35. The van der Waals surface area contributed by atoms with E-state index >= 15 is 0 Å². The van der Waals surface area contributed by atoms with Gasteiger partial charge in [0.25, 0.3) is 0 Å². The van der Waals surface area contributed by atoms with E-state index in [1.807, 2.05) is 6.08 Å². The van der Waals surface area contributed by atoms with Crippen LogP contribution in [-0.4, -0.2) is 51.1 Å². The van der Waals surface area contributed by atoms with E-state index in [0.717, 1.165) is 12.8 Å². The summed E-state index contributed by atoms with van der Waals surface area (Å²) in [4.78, 5) is 2.30. The molecule has 146 valence electrons. The van der Waals surface area contributed by atoms with Crippen molar-refractivity contribution in [3.8, 4) is 0 Å². The third-order valence-electron chi connectivity index (χ3n) is 4.73. The van der Waals surface area contributed by atoms with Crippen molar-refractivity contribution in [1.82, 2.24) is 20.9 Å². The Hall–Kier alpha value is 1.32. The maximum atomic E-state index is 6.01. The molecule has 2 rings (SSSR count). The Bertz CT molecular complexity index is 432. The Morgan fingerprint density at radius 1 is 0.760 bits per heavy atom.